The molecule has 0 N–H and O–H groups in total. The van der Waals surface area contributed by atoms with Crippen LogP contribution in [0.15, 0.2) is 78.9 Å². The summed E-state index contributed by atoms with van der Waals surface area (Å²) in [5.41, 5.74) is 1.40. The second kappa shape index (κ2) is 17.1. The summed E-state index contributed by atoms with van der Waals surface area (Å²) in [5, 5.41) is 24.8. The van der Waals surface area contributed by atoms with Gasteiger partial charge in [-0.15, -0.1) is 0 Å². The van der Waals surface area contributed by atoms with Crippen LogP contribution >= 0.6 is 0 Å². The zero-order valence-electron chi connectivity index (χ0n) is 25.9. The molecule has 0 aromatic heterocycles. The molecule has 1 amide bonds. The average molecular weight is 758 g/mol. The van der Waals surface area contributed by atoms with E-state index >= 15 is 0 Å². The Hall–Kier alpha value is -3.23. The molecule has 4 atom stereocenters. The number of amides is 1. The molecule has 3 aromatic rings. The minimum absolute atomic E-state index is 0.00286. The van der Waals surface area contributed by atoms with E-state index in [1.165, 1.54) is 0 Å². The van der Waals surface area contributed by atoms with Crippen LogP contribution in [0.2, 0.25) is 10.6 Å². The molecule has 0 radical (unpaired) electrons. The van der Waals surface area contributed by atoms with Gasteiger partial charge >= 0.3 is 284 Å². The second-order valence-corrected chi connectivity index (χ2v) is 16.8. The Morgan fingerprint density at radius 1 is 0.761 bits per heavy atom. The standard InChI is InChI=1S/C35H41N3O6Se2/c39-35(44-25-26-11-2-1-3-12-26)36-28(15-10-24-46-34-20-7-5-17-32(34)38(42)43)21-22-29-27(13-8-18-30(29)36)14-9-23-45-33-19-6-4-16-31(33)37(40)41/h1-7,11-12,16-17,19-20,27-30H,8-10,13-15,18,21-25H2/t27-,28-,29+,30+/m1/s1. The molecule has 2 aliphatic rings. The van der Waals surface area contributed by atoms with Gasteiger partial charge in [-0.2, -0.15) is 0 Å². The molecule has 1 heterocycles. The molecule has 0 bridgehead atoms. The summed E-state index contributed by atoms with van der Waals surface area (Å²) in [6.45, 7) is 0.248. The third-order valence-electron chi connectivity index (χ3n) is 9.21. The van der Waals surface area contributed by atoms with E-state index in [4.69, 9.17) is 4.74 Å². The summed E-state index contributed by atoms with van der Waals surface area (Å²) < 4.78 is 7.62. The molecule has 3 aromatic carbocycles. The van der Waals surface area contributed by atoms with E-state index in [1.807, 2.05) is 54.6 Å². The monoisotopic (exact) mass is 759 g/mol. The summed E-state index contributed by atoms with van der Waals surface area (Å²) in [5.74, 6) is 0.969. The average Bonchev–Trinajstić information content (AvgIpc) is 3.08. The predicted octanol–water partition coefficient (Wildman–Crippen LogP) is 6.85. The molecule has 11 heteroatoms. The van der Waals surface area contributed by atoms with Crippen molar-refractivity contribution in [2.45, 2.75) is 87.1 Å². The number of nitro benzene ring substituents is 2. The number of fused-ring (bicyclic) bond motifs is 1. The first kappa shape index (κ1) is 34.1. The third kappa shape index (κ3) is 8.97. The molecule has 0 unspecified atom stereocenters. The van der Waals surface area contributed by atoms with Gasteiger partial charge in [0, 0.05) is 0 Å². The van der Waals surface area contributed by atoms with Gasteiger partial charge in [-0.1, -0.05) is 0 Å². The van der Waals surface area contributed by atoms with E-state index in [1.54, 1.807) is 24.3 Å². The number of benzene rings is 3. The van der Waals surface area contributed by atoms with Crippen molar-refractivity contribution in [3.8, 4) is 0 Å². The Labute approximate surface area is 283 Å². The van der Waals surface area contributed by atoms with Gasteiger partial charge in [0.1, 0.15) is 0 Å². The number of para-hydroxylation sites is 2. The van der Waals surface area contributed by atoms with E-state index in [-0.39, 0.29) is 75.9 Å². The normalized spacial score (nSPS) is 20.9. The Kier molecular flexibility index (Phi) is 12.7. The van der Waals surface area contributed by atoms with Crippen LogP contribution in [-0.2, 0) is 11.3 Å². The van der Waals surface area contributed by atoms with Crippen molar-refractivity contribution in [2.24, 2.45) is 11.8 Å². The summed E-state index contributed by atoms with van der Waals surface area (Å²) in [6.07, 6.45) is 8.93. The molecule has 1 aliphatic heterocycles. The van der Waals surface area contributed by atoms with Crippen molar-refractivity contribution in [3.05, 3.63) is 105 Å². The van der Waals surface area contributed by atoms with Crippen LogP contribution in [0.5, 0.6) is 0 Å². The number of carbonyl (C=O) groups is 1. The van der Waals surface area contributed by atoms with Crippen LogP contribution in [0.4, 0.5) is 16.2 Å². The zero-order chi connectivity index (χ0) is 32.3. The molecule has 9 nitrogen and oxygen atoms in total. The number of nitrogens with zero attached hydrogens (tertiary/aromatic N) is 3. The fourth-order valence-corrected chi connectivity index (χ4v) is 11.3. The number of hydrogen-bond acceptors (Lipinski definition) is 6. The molecule has 0 spiro atoms. The first-order valence-corrected chi connectivity index (χ1v) is 20.3. The van der Waals surface area contributed by atoms with Crippen LogP contribution in [0.3, 0.4) is 0 Å². The molecular weight excluding hydrogens is 716 g/mol. The van der Waals surface area contributed by atoms with Gasteiger partial charge in [0.15, 0.2) is 0 Å². The fourth-order valence-electron chi connectivity index (χ4n) is 7.11. The van der Waals surface area contributed by atoms with Crippen LogP contribution in [0.25, 0.3) is 0 Å². The topological polar surface area (TPSA) is 116 Å². The number of piperidine rings is 1. The molecule has 2 fully saturated rings. The number of nitro groups is 2. The van der Waals surface area contributed by atoms with Crippen molar-refractivity contribution in [1.29, 1.82) is 0 Å². The van der Waals surface area contributed by atoms with Crippen LogP contribution in [0.1, 0.15) is 63.4 Å². The summed E-state index contributed by atoms with van der Waals surface area (Å²) >= 11 is 0.0570. The van der Waals surface area contributed by atoms with Crippen molar-refractivity contribution in [1.82, 2.24) is 4.90 Å². The van der Waals surface area contributed by atoms with Gasteiger partial charge in [0.25, 0.3) is 0 Å². The van der Waals surface area contributed by atoms with Gasteiger partial charge in [-0.25, -0.2) is 0 Å². The van der Waals surface area contributed by atoms with E-state index in [0.29, 0.717) is 11.8 Å². The molecule has 5 rings (SSSR count). The van der Waals surface area contributed by atoms with Crippen LogP contribution in [0, 0.1) is 32.1 Å². The van der Waals surface area contributed by atoms with Gasteiger partial charge in [0.2, 0.25) is 0 Å². The Balaban J connectivity index is 1.21. The molecule has 244 valence electrons. The Bertz CT molecular complexity index is 1480. The maximum atomic E-state index is 13.8. The number of rotatable bonds is 14. The number of carbonyl (C=O) groups excluding carboxylic acids is 1. The molecule has 1 saturated heterocycles. The van der Waals surface area contributed by atoms with Crippen LogP contribution < -0.4 is 8.92 Å². The summed E-state index contributed by atoms with van der Waals surface area (Å²) in [4.78, 5) is 38.2. The summed E-state index contributed by atoms with van der Waals surface area (Å²) in [7, 11) is 0. The van der Waals surface area contributed by atoms with Gasteiger partial charge in [-0.3, -0.25) is 0 Å². The number of ether oxygens (including phenoxy) is 1. The number of likely N-dealkylation sites (tertiary alicyclic amines) is 1. The van der Waals surface area contributed by atoms with E-state index < -0.39 is 0 Å². The van der Waals surface area contributed by atoms with Crippen molar-refractivity contribution >= 4 is 56.3 Å². The van der Waals surface area contributed by atoms with E-state index in [2.05, 4.69) is 4.90 Å². The third-order valence-corrected chi connectivity index (χ3v) is 14.0. The second-order valence-electron chi connectivity index (χ2n) is 12.0. The van der Waals surface area contributed by atoms with Gasteiger partial charge < -0.3 is 0 Å². The maximum absolute atomic E-state index is 13.8. The van der Waals surface area contributed by atoms with Crippen molar-refractivity contribution in [2.75, 3.05) is 0 Å². The quantitative estimate of drug-likeness (QED) is 0.0770. The Morgan fingerprint density at radius 2 is 1.35 bits per heavy atom. The molecule has 1 aliphatic carbocycles. The SMILES string of the molecule is O=C(OCc1ccccc1)N1[C@H](CCC[Se]c2ccccc2[N+](=O)[O-])CC[C@H]2[C@@H](CCC[Se]c3ccccc3[N+](=O)[O-])CCC[C@@H]21. The summed E-state index contributed by atoms with van der Waals surface area (Å²) in [6, 6.07) is 24.1. The van der Waals surface area contributed by atoms with Crippen molar-refractivity contribution in [3.63, 3.8) is 0 Å². The zero-order valence-corrected chi connectivity index (χ0v) is 29.3. The Morgan fingerprint density at radius 3 is 1.98 bits per heavy atom. The first-order chi connectivity index (χ1) is 22.4. The van der Waals surface area contributed by atoms with Crippen LogP contribution in [-0.4, -0.2) is 62.8 Å². The molecule has 1 saturated carbocycles. The number of hydrogen-bond donors (Lipinski definition) is 0. The van der Waals surface area contributed by atoms with E-state index in [9.17, 15) is 25.0 Å². The van der Waals surface area contributed by atoms with Gasteiger partial charge in [0.05, 0.1) is 0 Å². The van der Waals surface area contributed by atoms with E-state index in [0.717, 1.165) is 82.9 Å². The fraction of sp³-hybridized carbons (Fsp3) is 0.457. The van der Waals surface area contributed by atoms with Gasteiger partial charge in [-0.05, 0) is 0 Å². The predicted molar refractivity (Wildman–Crippen MR) is 181 cm³/mol. The minimum atomic E-state index is -0.297. The molecular formula is C35H41N3O6Se2. The van der Waals surface area contributed by atoms with Crippen molar-refractivity contribution < 1.29 is 19.4 Å². The molecule has 46 heavy (non-hydrogen) atoms. The first-order valence-electron chi connectivity index (χ1n) is 16.1.